The van der Waals surface area contributed by atoms with E-state index < -0.39 is 10.0 Å². The van der Waals surface area contributed by atoms with Crippen LogP contribution in [0.25, 0.3) is 0 Å². The molecule has 0 aromatic heterocycles. The molecule has 3 aromatic rings. The minimum absolute atomic E-state index is 0.0886. The summed E-state index contributed by atoms with van der Waals surface area (Å²) in [5.74, 6) is 0.882. The summed E-state index contributed by atoms with van der Waals surface area (Å²) < 4.78 is 35.7. The number of hydrazone groups is 1. The summed E-state index contributed by atoms with van der Waals surface area (Å²) in [4.78, 5) is 2.07. The Labute approximate surface area is 174 Å². The Bertz CT molecular complexity index is 1090. The van der Waals surface area contributed by atoms with Crippen LogP contribution in [0.3, 0.4) is 0 Å². The Morgan fingerprint density at radius 1 is 1.03 bits per heavy atom. The molecule has 3 rings (SSSR count). The standard InChI is InChI=1S/C21H19ClN2O4S/c1-27-20-12-9-18(22)13-21(20)29(25,26)24-23-14-16-7-10-19(11-8-16)28-15-17-5-3-2-4-6-17/h2-14,24H,15H2,1H3/b23-14+. The number of sulfonamides is 1. The van der Waals surface area contributed by atoms with Crippen molar-refractivity contribution in [2.75, 3.05) is 7.11 Å². The largest absolute Gasteiger partial charge is 0.495 e. The third kappa shape index (κ3) is 5.73. The minimum atomic E-state index is -3.93. The van der Waals surface area contributed by atoms with Crippen molar-refractivity contribution >= 4 is 27.8 Å². The third-order valence-corrected chi connectivity index (χ3v) is 5.41. The number of benzene rings is 3. The highest BCUT2D eigenvalue weighted by Crippen LogP contribution is 2.26. The fraction of sp³-hybridized carbons (Fsp3) is 0.0952. The quantitative estimate of drug-likeness (QED) is 0.428. The van der Waals surface area contributed by atoms with Gasteiger partial charge in [0, 0.05) is 5.02 Å². The Morgan fingerprint density at radius 3 is 2.45 bits per heavy atom. The lowest BCUT2D eigenvalue weighted by atomic mass is 10.2. The molecule has 6 nitrogen and oxygen atoms in total. The fourth-order valence-electron chi connectivity index (χ4n) is 2.47. The van der Waals surface area contributed by atoms with Crippen LogP contribution < -0.4 is 14.3 Å². The number of methoxy groups -OCH3 is 1. The lowest BCUT2D eigenvalue weighted by Crippen LogP contribution is -2.19. The third-order valence-electron chi connectivity index (χ3n) is 3.93. The zero-order chi connectivity index (χ0) is 20.7. The molecule has 0 aliphatic rings. The van der Waals surface area contributed by atoms with E-state index in [-0.39, 0.29) is 15.7 Å². The van der Waals surface area contributed by atoms with Gasteiger partial charge in [-0.2, -0.15) is 18.4 Å². The molecule has 150 valence electrons. The van der Waals surface area contributed by atoms with Crippen molar-refractivity contribution in [3.8, 4) is 11.5 Å². The lowest BCUT2D eigenvalue weighted by molar-refractivity contribution is 0.306. The zero-order valence-corrected chi connectivity index (χ0v) is 17.2. The predicted octanol–water partition coefficient (Wildman–Crippen LogP) is 4.24. The monoisotopic (exact) mass is 430 g/mol. The SMILES string of the molecule is COc1ccc(Cl)cc1S(=O)(=O)N/N=C/c1ccc(OCc2ccccc2)cc1. The van der Waals surface area contributed by atoms with Crippen molar-refractivity contribution in [1.82, 2.24) is 4.83 Å². The van der Waals surface area contributed by atoms with E-state index in [0.717, 1.165) is 5.56 Å². The van der Waals surface area contributed by atoms with Crippen molar-refractivity contribution < 1.29 is 17.9 Å². The first kappa shape index (κ1) is 20.7. The molecule has 0 heterocycles. The number of nitrogens with one attached hydrogen (secondary N) is 1. The molecule has 0 saturated carbocycles. The second-order valence-electron chi connectivity index (χ2n) is 5.99. The smallest absolute Gasteiger partial charge is 0.280 e. The van der Waals surface area contributed by atoms with Crippen LogP contribution in [0.15, 0.2) is 82.8 Å². The first-order chi connectivity index (χ1) is 14.0. The van der Waals surface area contributed by atoms with Gasteiger partial charge in [-0.3, -0.25) is 0 Å². The van der Waals surface area contributed by atoms with Gasteiger partial charge in [-0.15, -0.1) is 0 Å². The molecule has 8 heteroatoms. The Kier molecular flexibility index (Phi) is 6.74. The highest BCUT2D eigenvalue weighted by atomic mass is 35.5. The van der Waals surface area contributed by atoms with Crippen LogP contribution in [-0.2, 0) is 16.6 Å². The molecule has 0 bridgehead atoms. The van der Waals surface area contributed by atoms with Crippen LogP contribution in [-0.4, -0.2) is 21.7 Å². The van der Waals surface area contributed by atoms with Gasteiger partial charge in [0.1, 0.15) is 23.0 Å². The molecular weight excluding hydrogens is 412 g/mol. The molecule has 0 fully saturated rings. The molecule has 0 amide bonds. The lowest BCUT2D eigenvalue weighted by Gasteiger charge is -2.09. The zero-order valence-electron chi connectivity index (χ0n) is 15.6. The molecule has 0 spiro atoms. The number of hydrogen-bond acceptors (Lipinski definition) is 5. The van der Waals surface area contributed by atoms with Crippen LogP contribution in [0.4, 0.5) is 0 Å². The summed E-state index contributed by atoms with van der Waals surface area (Å²) in [5.41, 5.74) is 1.78. The summed E-state index contributed by atoms with van der Waals surface area (Å²) in [6.07, 6.45) is 1.40. The van der Waals surface area contributed by atoms with Crippen LogP contribution in [0.1, 0.15) is 11.1 Å². The molecule has 0 aliphatic heterocycles. The number of hydrogen-bond donors (Lipinski definition) is 1. The first-order valence-corrected chi connectivity index (χ1v) is 10.5. The fourth-order valence-corrected chi connectivity index (χ4v) is 3.70. The van der Waals surface area contributed by atoms with Gasteiger partial charge in [-0.25, -0.2) is 0 Å². The van der Waals surface area contributed by atoms with Gasteiger partial charge in [-0.1, -0.05) is 41.9 Å². The van der Waals surface area contributed by atoms with Gasteiger partial charge in [0.25, 0.3) is 10.0 Å². The van der Waals surface area contributed by atoms with Gasteiger partial charge < -0.3 is 9.47 Å². The second-order valence-corrected chi connectivity index (χ2v) is 8.06. The second kappa shape index (κ2) is 9.45. The van der Waals surface area contributed by atoms with Gasteiger partial charge >= 0.3 is 0 Å². The molecular formula is C21H19ClN2O4S. The van der Waals surface area contributed by atoms with Crippen LogP contribution in [0, 0.1) is 0 Å². The summed E-state index contributed by atoms with van der Waals surface area (Å²) in [5, 5.41) is 4.09. The van der Waals surface area contributed by atoms with E-state index in [2.05, 4.69) is 9.93 Å². The highest BCUT2D eigenvalue weighted by molar-refractivity contribution is 7.89. The van der Waals surface area contributed by atoms with E-state index in [9.17, 15) is 8.42 Å². The number of ether oxygens (including phenoxy) is 2. The average molecular weight is 431 g/mol. The summed E-state index contributed by atoms with van der Waals surface area (Å²) in [7, 11) is -2.54. The Balaban J connectivity index is 1.62. The van der Waals surface area contributed by atoms with E-state index >= 15 is 0 Å². The van der Waals surface area contributed by atoms with Crippen LogP contribution in [0.2, 0.25) is 5.02 Å². The van der Waals surface area contributed by atoms with Crippen LogP contribution in [0.5, 0.6) is 11.5 Å². The number of nitrogens with zero attached hydrogens (tertiary/aromatic N) is 1. The van der Waals surface area contributed by atoms with Crippen LogP contribution >= 0.6 is 11.6 Å². The minimum Gasteiger partial charge on any atom is -0.495 e. The van der Waals surface area contributed by atoms with Gasteiger partial charge in [-0.05, 0) is 53.6 Å². The van der Waals surface area contributed by atoms with E-state index in [1.807, 2.05) is 30.3 Å². The molecule has 1 N–H and O–H groups in total. The van der Waals surface area contributed by atoms with E-state index in [1.54, 1.807) is 30.3 Å². The van der Waals surface area contributed by atoms with Gasteiger partial charge in [0.15, 0.2) is 0 Å². The summed E-state index contributed by atoms with van der Waals surface area (Å²) in [6.45, 7) is 0.468. The number of halogens is 1. The topological polar surface area (TPSA) is 77.0 Å². The maximum Gasteiger partial charge on any atom is 0.280 e. The summed E-state index contributed by atoms with van der Waals surface area (Å²) in [6, 6.07) is 21.3. The first-order valence-electron chi connectivity index (χ1n) is 8.63. The van der Waals surface area contributed by atoms with Gasteiger partial charge in [0.05, 0.1) is 13.3 Å². The van der Waals surface area contributed by atoms with E-state index in [1.165, 1.54) is 25.5 Å². The average Bonchev–Trinajstić information content (AvgIpc) is 2.74. The molecule has 29 heavy (non-hydrogen) atoms. The maximum absolute atomic E-state index is 12.4. The highest BCUT2D eigenvalue weighted by Gasteiger charge is 2.19. The Hall–Kier alpha value is -3.03. The van der Waals surface area contributed by atoms with Crippen molar-refractivity contribution in [2.45, 2.75) is 11.5 Å². The predicted molar refractivity (Wildman–Crippen MR) is 113 cm³/mol. The van der Waals surface area contributed by atoms with Gasteiger partial charge in [0.2, 0.25) is 0 Å². The molecule has 0 radical (unpaired) electrons. The molecule has 0 atom stereocenters. The van der Waals surface area contributed by atoms with Crippen molar-refractivity contribution in [2.24, 2.45) is 5.10 Å². The molecule has 0 aliphatic carbocycles. The van der Waals surface area contributed by atoms with Crippen molar-refractivity contribution in [3.05, 3.63) is 88.9 Å². The molecule has 3 aromatic carbocycles. The number of rotatable bonds is 8. The Morgan fingerprint density at radius 2 is 1.76 bits per heavy atom. The normalized spacial score (nSPS) is 11.4. The van der Waals surface area contributed by atoms with Crippen molar-refractivity contribution in [3.63, 3.8) is 0 Å². The maximum atomic E-state index is 12.4. The van der Waals surface area contributed by atoms with E-state index in [0.29, 0.717) is 17.9 Å². The molecule has 0 unspecified atom stereocenters. The van der Waals surface area contributed by atoms with E-state index in [4.69, 9.17) is 21.1 Å². The van der Waals surface area contributed by atoms with Crippen molar-refractivity contribution in [1.29, 1.82) is 0 Å². The molecule has 0 saturated heterocycles. The summed E-state index contributed by atoms with van der Waals surface area (Å²) >= 11 is 5.89.